The van der Waals surface area contributed by atoms with E-state index in [1.165, 1.54) is 44.8 Å². The second-order valence-corrected chi connectivity index (χ2v) is 6.50. The van der Waals surface area contributed by atoms with Gasteiger partial charge in [-0.2, -0.15) is 0 Å². The van der Waals surface area contributed by atoms with E-state index in [2.05, 4.69) is 25.3 Å². The van der Waals surface area contributed by atoms with Crippen molar-refractivity contribution in [3.05, 3.63) is 18.3 Å². The summed E-state index contributed by atoms with van der Waals surface area (Å²) in [5, 5.41) is 2.97. The number of carbonyl (C=O) groups excluding carboxylic acids is 1. The highest BCUT2D eigenvalue weighted by molar-refractivity contribution is 6.01. The number of aromatic amines is 1. The van der Waals surface area contributed by atoms with Crippen molar-refractivity contribution in [2.24, 2.45) is 11.3 Å². The maximum absolute atomic E-state index is 12.2. The van der Waals surface area contributed by atoms with Crippen LogP contribution in [0.25, 0.3) is 11.2 Å². The van der Waals surface area contributed by atoms with Gasteiger partial charge in [-0.1, -0.05) is 6.42 Å². The van der Waals surface area contributed by atoms with Crippen molar-refractivity contribution in [3.8, 4) is 0 Å². The van der Waals surface area contributed by atoms with Crippen molar-refractivity contribution in [1.29, 1.82) is 0 Å². The van der Waals surface area contributed by atoms with Crippen LogP contribution in [0.5, 0.6) is 0 Å². The summed E-state index contributed by atoms with van der Waals surface area (Å²) in [5.41, 5.74) is 2.22. The van der Waals surface area contributed by atoms with E-state index in [0.717, 1.165) is 18.9 Å². The number of imidazole rings is 1. The lowest BCUT2D eigenvalue weighted by molar-refractivity contribution is -0.0271. The van der Waals surface area contributed by atoms with Gasteiger partial charge >= 0.3 is 0 Å². The number of nitrogens with one attached hydrogen (secondary N) is 2. The molecule has 0 atom stereocenters. The second kappa shape index (κ2) is 4.79. The predicted molar refractivity (Wildman–Crippen MR) is 77.6 cm³/mol. The van der Waals surface area contributed by atoms with Crippen LogP contribution in [-0.2, 0) is 0 Å². The van der Waals surface area contributed by atoms with Gasteiger partial charge in [-0.3, -0.25) is 4.79 Å². The van der Waals surface area contributed by atoms with E-state index in [1.807, 2.05) is 0 Å². The van der Waals surface area contributed by atoms with Gasteiger partial charge in [0.25, 0.3) is 5.91 Å². The first kappa shape index (κ1) is 12.7. The Kier molecular flexibility index (Phi) is 2.90. The average molecular weight is 285 g/mol. The molecule has 2 aliphatic carbocycles. The van der Waals surface area contributed by atoms with Crippen LogP contribution < -0.4 is 5.32 Å². The molecule has 0 aromatic carbocycles. The predicted octanol–water partition coefficient (Wildman–Crippen LogP) is 2.05. The van der Waals surface area contributed by atoms with Crippen molar-refractivity contribution >= 4 is 17.1 Å². The number of nitrogens with zero attached hydrogens (tertiary/aromatic N) is 3. The van der Waals surface area contributed by atoms with Gasteiger partial charge < -0.3 is 10.3 Å². The molecule has 2 aromatic heterocycles. The summed E-state index contributed by atoms with van der Waals surface area (Å²) >= 11 is 0. The molecule has 1 amide bonds. The van der Waals surface area contributed by atoms with Crippen molar-refractivity contribution in [3.63, 3.8) is 0 Å². The Morgan fingerprint density at radius 1 is 1.33 bits per heavy atom. The van der Waals surface area contributed by atoms with Crippen molar-refractivity contribution in [2.75, 3.05) is 6.54 Å². The molecule has 2 aromatic rings. The number of amides is 1. The number of carbonyl (C=O) groups is 1. The zero-order chi connectivity index (χ0) is 14.3. The molecule has 2 heterocycles. The summed E-state index contributed by atoms with van der Waals surface area (Å²) in [6, 6.07) is 0. The summed E-state index contributed by atoms with van der Waals surface area (Å²) in [7, 11) is 0. The minimum atomic E-state index is -0.149. The Balaban J connectivity index is 1.31. The zero-order valence-corrected chi connectivity index (χ0v) is 11.9. The third-order valence-corrected chi connectivity index (χ3v) is 5.13. The number of H-pyrrole nitrogens is 1. The largest absolute Gasteiger partial charge is 0.351 e. The van der Waals surface area contributed by atoms with Crippen molar-refractivity contribution in [1.82, 2.24) is 25.3 Å². The van der Waals surface area contributed by atoms with Gasteiger partial charge in [0, 0.05) is 6.54 Å². The van der Waals surface area contributed by atoms with E-state index in [1.54, 1.807) is 0 Å². The first-order valence-corrected chi connectivity index (χ1v) is 7.68. The molecule has 110 valence electrons. The molecule has 0 aliphatic heterocycles. The van der Waals surface area contributed by atoms with Crippen LogP contribution in [0.15, 0.2) is 12.7 Å². The van der Waals surface area contributed by atoms with Crippen LogP contribution >= 0.6 is 0 Å². The lowest BCUT2D eigenvalue weighted by Crippen LogP contribution is -2.43. The van der Waals surface area contributed by atoms with Gasteiger partial charge in [0.15, 0.2) is 11.3 Å². The minimum absolute atomic E-state index is 0.149. The smallest absolute Gasteiger partial charge is 0.272 e. The minimum Gasteiger partial charge on any atom is -0.351 e. The molecule has 6 nitrogen and oxygen atoms in total. The van der Waals surface area contributed by atoms with E-state index in [-0.39, 0.29) is 5.91 Å². The maximum Gasteiger partial charge on any atom is 0.272 e. The van der Waals surface area contributed by atoms with Gasteiger partial charge in [0.1, 0.15) is 11.8 Å². The Morgan fingerprint density at radius 2 is 2.19 bits per heavy atom. The van der Waals surface area contributed by atoms with Gasteiger partial charge in [0.2, 0.25) is 0 Å². The third kappa shape index (κ3) is 2.18. The molecule has 2 fully saturated rings. The summed E-state index contributed by atoms with van der Waals surface area (Å²) in [5.74, 6) is 0.646. The van der Waals surface area contributed by atoms with Crippen molar-refractivity contribution < 1.29 is 4.79 Å². The Labute approximate surface area is 122 Å². The number of hydrogen-bond acceptors (Lipinski definition) is 4. The Bertz CT molecular complexity index is 668. The highest BCUT2D eigenvalue weighted by atomic mass is 16.1. The summed E-state index contributed by atoms with van der Waals surface area (Å²) in [6.45, 7) is 0.721. The standard InChI is InChI=1S/C15H19N5O/c21-14(12-11-13(19-8-17-11)20-9-18-12)16-5-2-10-6-15(7-10)3-1-4-15/h8-10H,1-7H2,(H,16,21)(H,17,18,19,20). The first-order valence-electron chi connectivity index (χ1n) is 7.68. The molecule has 0 radical (unpaired) electrons. The molecule has 0 unspecified atom stereocenters. The maximum atomic E-state index is 12.2. The van der Waals surface area contributed by atoms with E-state index >= 15 is 0 Å². The van der Waals surface area contributed by atoms with Gasteiger partial charge in [0.05, 0.1) is 6.33 Å². The average Bonchev–Trinajstić information content (AvgIpc) is 2.87. The van der Waals surface area contributed by atoms with Gasteiger partial charge in [-0.15, -0.1) is 0 Å². The van der Waals surface area contributed by atoms with E-state index in [0.29, 0.717) is 22.3 Å². The van der Waals surface area contributed by atoms with E-state index in [9.17, 15) is 4.79 Å². The van der Waals surface area contributed by atoms with E-state index in [4.69, 9.17) is 0 Å². The molecule has 21 heavy (non-hydrogen) atoms. The second-order valence-electron chi connectivity index (χ2n) is 6.50. The molecular weight excluding hydrogens is 266 g/mol. The fraction of sp³-hybridized carbons (Fsp3) is 0.600. The fourth-order valence-electron chi connectivity index (χ4n) is 3.86. The van der Waals surface area contributed by atoms with E-state index < -0.39 is 0 Å². The topological polar surface area (TPSA) is 83.6 Å². The first-order chi connectivity index (χ1) is 10.3. The number of fused-ring (bicyclic) bond motifs is 1. The summed E-state index contributed by atoms with van der Waals surface area (Å²) in [6.07, 6.45) is 11.0. The third-order valence-electron chi connectivity index (χ3n) is 5.13. The Morgan fingerprint density at radius 3 is 2.95 bits per heavy atom. The molecule has 4 rings (SSSR count). The number of aromatic nitrogens is 4. The summed E-state index contributed by atoms with van der Waals surface area (Å²) < 4.78 is 0. The molecule has 1 spiro atoms. The molecule has 6 heteroatoms. The monoisotopic (exact) mass is 285 g/mol. The van der Waals surface area contributed by atoms with Crippen LogP contribution in [0.3, 0.4) is 0 Å². The number of hydrogen-bond donors (Lipinski definition) is 2. The molecule has 2 saturated carbocycles. The van der Waals surface area contributed by atoms with Crippen LogP contribution in [-0.4, -0.2) is 32.4 Å². The normalized spacial score (nSPS) is 20.2. The SMILES string of the molecule is O=C(NCCC1CC2(CCC2)C1)c1ncnc2nc[nH]c12. The highest BCUT2D eigenvalue weighted by Crippen LogP contribution is 2.59. The Hall–Kier alpha value is -1.98. The zero-order valence-electron chi connectivity index (χ0n) is 11.9. The molecule has 2 N–H and O–H groups in total. The molecular formula is C15H19N5O. The lowest BCUT2D eigenvalue weighted by atomic mass is 9.51. The van der Waals surface area contributed by atoms with Gasteiger partial charge in [-0.25, -0.2) is 15.0 Å². The number of rotatable bonds is 4. The molecule has 0 bridgehead atoms. The fourth-order valence-corrected chi connectivity index (χ4v) is 3.86. The quantitative estimate of drug-likeness (QED) is 0.900. The van der Waals surface area contributed by atoms with Crippen LogP contribution in [0.1, 0.15) is 49.0 Å². The van der Waals surface area contributed by atoms with Crippen LogP contribution in [0.2, 0.25) is 0 Å². The van der Waals surface area contributed by atoms with Crippen LogP contribution in [0, 0.1) is 11.3 Å². The lowest BCUT2D eigenvalue weighted by Gasteiger charge is -2.54. The van der Waals surface area contributed by atoms with Crippen LogP contribution in [0.4, 0.5) is 0 Å². The highest BCUT2D eigenvalue weighted by Gasteiger charge is 2.47. The molecule has 0 saturated heterocycles. The summed E-state index contributed by atoms with van der Waals surface area (Å²) in [4.78, 5) is 27.2. The van der Waals surface area contributed by atoms with Crippen molar-refractivity contribution in [2.45, 2.75) is 38.5 Å². The molecule has 2 aliphatic rings. The van der Waals surface area contributed by atoms with Gasteiger partial charge in [-0.05, 0) is 43.4 Å².